The third-order valence-corrected chi connectivity index (χ3v) is 3.86. The van der Waals surface area contributed by atoms with Gasteiger partial charge < -0.3 is 5.32 Å². The summed E-state index contributed by atoms with van der Waals surface area (Å²) in [5.74, 6) is 0. The number of allylic oxidation sites excluding steroid dienone is 1. The van der Waals surface area contributed by atoms with Crippen molar-refractivity contribution in [2.75, 3.05) is 26.2 Å². The van der Waals surface area contributed by atoms with E-state index in [0.29, 0.717) is 5.54 Å². The second kappa shape index (κ2) is 5.13. The van der Waals surface area contributed by atoms with E-state index in [1.54, 1.807) is 0 Å². The normalized spacial score (nSPS) is 26.7. The molecule has 2 heteroatoms. The van der Waals surface area contributed by atoms with Gasteiger partial charge in [0.2, 0.25) is 0 Å². The summed E-state index contributed by atoms with van der Waals surface area (Å²) in [4.78, 5) is 2.64. The first-order chi connectivity index (χ1) is 7.35. The van der Waals surface area contributed by atoms with Gasteiger partial charge in [0, 0.05) is 31.7 Å². The van der Waals surface area contributed by atoms with E-state index in [0.717, 1.165) is 0 Å². The topological polar surface area (TPSA) is 15.3 Å². The van der Waals surface area contributed by atoms with Crippen LogP contribution in [-0.2, 0) is 0 Å². The first kappa shape index (κ1) is 11.2. The van der Waals surface area contributed by atoms with Crippen LogP contribution >= 0.6 is 0 Å². The maximum Gasteiger partial charge on any atom is 0.0309 e. The average molecular weight is 208 g/mol. The molecular weight excluding hydrogens is 184 g/mol. The number of hydrogen-bond acceptors (Lipinski definition) is 2. The van der Waals surface area contributed by atoms with Crippen LogP contribution < -0.4 is 5.32 Å². The van der Waals surface area contributed by atoms with E-state index in [-0.39, 0.29) is 0 Å². The molecule has 0 radical (unpaired) electrons. The Balaban J connectivity index is 1.81. The molecule has 0 atom stereocenters. The maximum atomic E-state index is 3.76. The van der Waals surface area contributed by atoms with Crippen molar-refractivity contribution in [3.8, 4) is 0 Å². The Bertz CT molecular complexity index is 217. The molecule has 0 bridgehead atoms. The van der Waals surface area contributed by atoms with Gasteiger partial charge in [0.15, 0.2) is 0 Å². The van der Waals surface area contributed by atoms with E-state index in [2.05, 4.69) is 29.3 Å². The maximum absolute atomic E-state index is 3.76. The van der Waals surface area contributed by atoms with Gasteiger partial charge in [-0.3, -0.25) is 4.90 Å². The second-order valence-corrected chi connectivity index (χ2v) is 5.05. The molecule has 0 aromatic rings. The Hall–Kier alpha value is -0.340. The minimum Gasteiger partial charge on any atom is -0.309 e. The summed E-state index contributed by atoms with van der Waals surface area (Å²) in [5, 5.41) is 3.76. The molecular formula is C13H24N2. The van der Waals surface area contributed by atoms with Crippen LogP contribution in [-0.4, -0.2) is 36.6 Å². The fraction of sp³-hybridized carbons (Fsp3) is 0.846. The molecule has 0 aromatic heterocycles. The molecule has 2 fully saturated rings. The summed E-state index contributed by atoms with van der Waals surface area (Å²) < 4.78 is 0. The second-order valence-electron chi connectivity index (χ2n) is 5.05. The minimum atomic E-state index is 0.494. The SMILES string of the molecule is C/C=C/CCN1CCNC2(CCCC2)C1. The van der Waals surface area contributed by atoms with Gasteiger partial charge in [0.1, 0.15) is 0 Å². The molecule has 1 aliphatic carbocycles. The van der Waals surface area contributed by atoms with Crippen molar-refractivity contribution in [2.45, 2.75) is 44.6 Å². The van der Waals surface area contributed by atoms with E-state index in [1.165, 1.54) is 58.3 Å². The molecule has 2 aliphatic rings. The molecule has 1 saturated heterocycles. The van der Waals surface area contributed by atoms with Crippen molar-refractivity contribution >= 4 is 0 Å². The van der Waals surface area contributed by atoms with Crippen molar-refractivity contribution in [1.29, 1.82) is 0 Å². The minimum absolute atomic E-state index is 0.494. The van der Waals surface area contributed by atoms with Crippen molar-refractivity contribution < 1.29 is 0 Å². The smallest absolute Gasteiger partial charge is 0.0309 e. The number of nitrogens with one attached hydrogen (secondary N) is 1. The molecule has 1 aliphatic heterocycles. The highest BCUT2D eigenvalue weighted by Crippen LogP contribution is 2.31. The Morgan fingerprint density at radius 1 is 1.33 bits per heavy atom. The predicted octanol–water partition coefficient (Wildman–Crippen LogP) is 2.17. The average Bonchev–Trinajstić information content (AvgIpc) is 2.67. The van der Waals surface area contributed by atoms with Gasteiger partial charge in [0.25, 0.3) is 0 Å². The highest BCUT2D eigenvalue weighted by atomic mass is 15.2. The van der Waals surface area contributed by atoms with Gasteiger partial charge in [-0.1, -0.05) is 25.0 Å². The van der Waals surface area contributed by atoms with Crippen LogP contribution in [0.1, 0.15) is 39.0 Å². The zero-order chi connectivity index (χ0) is 10.6. The summed E-state index contributed by atoms with van der Waals surface area (Å²) >= 11 is 0. The van der Waals surface area contributed by atoms with Crippen LogP contribution in [0, 0.1) is 0 Å². The zero-order valence-electron chi connectivity index (χ0n) is 9.97. The lowest BCUT2D eigenvalue weighted by Crippen LogP contribution is -2.58. The highest BCUT2D eigenvalue weighted by molar-refractivity contribution is 4.98. The molecule has 0 aromatic carbocycles. The number of hydrogen-bond donors (Lipinski definition) is 1. The third-order valence-electron chi connectivity index (χ3n) is 3.86. The predicted molar refractivity (Wildman–Crippen MR) is 65.1 cm³/mol. The number of piperazine rings is 1. The van der Waals surface area contributed by atoms with E-state index in [4.69, 9.17) is 0 Å². The molecule has 1 saturated carbocycles. The van der Waals surface area contributed by atoms with Gasteiger partial charge >= 0.3 is 0 Å². The van der Waals surface area contributed by atoms with Crippen molar-refractivity contribution in [3.05, 3.63) is 12.2 Å². The lowest BCUT2D eigenvalue weighted by Gasteiger charge is -2.41. The largest absolute Gasteiger partial charge is 0.309 e. The van der Waals surface area contributed by atoms with Crippen LogP contribution in [0.3, 0.4) is 0 Å². The molecule has 2 rings (SSSR count). The van der Waals surface area contributed by atoms with Crippen molar-refractivity contribution in [1.82, 2.24) is 10.2 Å². The van der Waals surface area contributed by atoms with Gasteiger partial charge in [-0.15, -0.1) is 0 Å². The number of nitrogens with zero attached hydrogens (tertiary/aromatic N) is 1. The molecule has 1 N–H and O–H groups in total. The zero-order valence-corrected chi connectivity index (χ0v) is 9.97. The molecule has 0 unspecified atom stereocenters. The first-order valence-electron chi connectivity index (χ1n) is 6.43. The molecule has 1 spiro atoms. The van der Waals surface area contributed by atoms with Gasteiger partial charge in [-0.05, 0) is 26.2 Å². The molecule has 0 amide bonds. The fourth-order valence-electron chi connectivity index (χ4n) is 3.04. The van der Waals surface area contributed by atoms with Crippen molar-refractivity contribution in [2.24, 2.45) is 0 Å². The van der Waals surface area contributed by atoms with Crippen LogP contribution in [0.4, 0.5) is 0 Å². The summed E-state index contributed by atoms with van der Waals surface area (Å²) in [6.45, 7) is 7.06. The molecule has 2 nitrogen and oxygen atoms in total. The van der Waals surface area contributed by atoms with E-state index in [9.17, 15) is 0 Å². The van der Waals surface area contributed by atoms with E-state index >= 15 is 0 Å². The highest BCUT2D eigenvalue weighted by Gasteiger charge is 2.37. The summed E-state index contributed by atoms with van der Waals surface area (Å²) in [6, 6.07) is 0. The standard InChI is InChI=1S/C13H24N2/c1-2-3-6-10-15-11-9-14-13(12-15)7-4-5-8-13/h2-3,14H,4-12H2,1H3/b3-2+. The Morgan fingerprint density at radius 2 is 2.13 bits per heavy atom. The lowest BCUT2D eigenvalue weighted by molar-refractivity contribution is 0.137. The monoisotopic (exact) mass is 208 g/mol. The molecule has 15 heavy (non-hydrogen) atoms. The van der Waals surface area contributed by atoms with E-state index < -0.39 is 0 Å². The first-order valence-corrected chi connectivity index (χ1v) is 6.43. The van der Waals surface area contributed by atoms with E-state index in [1.807, 2.05) is 0 Å². The van der Waals surface area contributed by atoms with Crippen LogP contribution in [0.2, 0.25) is 0 Å². The third kappa shape index (κ3) is 2.82. The van der Waals surface area contributed by atoms with Crippen molar-refractivity contribution in [3.63, 3.8) is 0 Å². The Labute approximate surface area is 93.7 Å². The van der Waals surface area contributed by atoms with Crippen LogP contribution in [0.5, 0.6) is 0 Å². The Kier molecular flexibility index (Phi) is 3.81. The van der Waals surface area contributed by atoms with Gasteiger partial charge in [0.05, 0.1) is 0 Å². The Morgan fingerprint density at radius 3 is 2.87 bits per heavy atom. The molecule has 86 valence electrons. The lowest BCUT2D eigenvalue weighted by atomic mass is 9.94. The molecule has 1 heterocycles. The summed E-state index contributed by atoms with van der Waals surface area (Å²) in [6.07, 6.45) is 11.3. The van der Waals surface area contributed by atoms with Gasteiger partial charge in [-0.2, -0.15) is 0 Å². The summed E-state index contributed by atoms with van der Waals surface area (Å²) in [5.41, 5.74) is 0.494. The van der Waals surface area contributed by atoms with Crippen LogP contribution in [0.15, 0.2) is 12.2 Å². The number of rotatable bonds is 3. The quantitative estimate of drug-likeness (QED) is 0.715. The van der Waals surface area contributed by atoms with Crippen LogP contribution in [0.25, 0.3) is 0 Å². The fourth-order valence-corrected chi connectivity index (χ4v) is 3.04. The summed E-state index contributed by atoms with van der Waals surface area (Å²) in [7, 11) is 0. The van der Waals surface area contributed by atoms with Gasteiger partial charge in [-0.25, -0.2) is 0 Å².